The van der Waals surface area contributed by atoms with Gasteiger partial charge in [0, 0.05) is 12.1 Å². The summed E-state index contributed by atoms with van der Waals surface area (Å²) in [7, 11) is 0. The lowest BCUT2D eigenvalue weighted by Gasteiger charge is -2.21. The first kappa shape index (κ1) is 7.66. The van der Waals surface area contributed by atoms with Gasteiger partial charge in [-0.25, -0.2) is 0 Å². The van der Waals surface area contributed by atoms with Gasteiger partial charge in [-0.05, 0) is 13.8 Å². The molecule has 2 heteroatoms. The molecular formula is C6H14N2. The topological polar surface area (TPSA) is 52.0 Å². The van der Waals surface area contributed by atoms with E-state index >= 15 is 0 Å². The third-order valence-corrected chi connectivity index (χ3v) is 1.40. The summed E-state index contributed by atoms with van der Waals surface area (Å²) in [6, 6.07) is 0. The molecule has 8 heavy (non-hydrogen) atoms. The Morgan fingerprint density at radius 1 is 1.75 bits per heavy atom. The summed E-state index contributed by atoms with van der Waals surface area (Å²) >= 11 is 0. The van der Waals surface area contributed by atoms with Crippen LogP contribution in [0.2, 0.25) is 0 Å². The zero-order valence-electron chi connectivity index (χ0n) is 5.57. The van der Waals surface area contributed by atoms with Crippen LogP contribution in [-0.4, -0.2) is 12.1 Å². The van der Waals surface area contributed by atoms with E-state index in [0.717, 1.165) is 5.57 Å². The van der Waals surface area contributed by atoms with E-state index in [4.69, 9.17) is 11.5 Å². The molecule has 0 heterocycles. The van der Waals surface area contributed by atoms with Crippen molar-refractivity contribution in [1.29, 1.82) is 0 Å². The highest BCUT2D eigenvalue weighted by Crippen LogP contribution is 2.06. The molecule has 4 N–H and O–H groups in total. The maximum atomic E-state index is 5.63. The first-order valence-corrected chi connectivity index (χ1v) is 2.65. The van der Waals surface area contributed by atoms with Crippen molar-refractivity contribution in [2.45, 2.75) is 19.4 Å². The van der Waals surface area contributed by atoms with E-state index in [-0.39, 0.29) is 5.54 Å². The van der Waals surface area contributed by atoms with Crippen LogP contribution in [0, 0.1) is 0 Å². The van der Waals surface area contributed by atoms with Gasteiger partial charge in [0.2, 0.25) is 0 Å². The average molecular weight is 114 g/mol. The van der Waals surface area contributed by atoms with E-state index in [0.29, 0.717) is 6.54 Å². The summed E-state index contributed by atoms with van der Waals surface area (Å²) in [4.78, 5) is 0. The van der Waals surface area contributed by atoms with Gasteiger partial charge in [0.25, 0.3) is 0 Å². The Hall–Kier alpha value is -0.340. The number of hydrogen-bond donors (Lipinski definition) is 2. The number of hydrogen-bond acceptors (Lipinski definition) is 2. The van der Waals surface area contributed by atoms with Crippen LogP contribution in [0.1, 0.15) is 13.8 Å². The van der Waals surface area contributed by atoms with Gasteiger partial charge in [0.05, 0.1) is 0 Å². The summed E-state index contributed by atoms with van der Waals surface area (Å²) in [5.74, 6) is 0. The molecule has 48 valence electrons. The second kappa shape index (κ2) is 2.29. The smallest absolute Gasteiger partial charge is 0.0459 e. The van der Waals surface area contributed by atoms with E-state index < -0.39 is 0 Å². The largest absolute Gasteiger partial charge is 0.328 e. The van der Waals surface area contributed by atoms with E-state index in [1.54, 1.807) is 0 Å². The predicted molar refractivity (Wildman–Crippen MR) is 36.5 cm³/mol. The first-order valence-electron chi connectivity index (χ1n) is 2.65. The lowest BCUT2D eigenvalue weighted by molar-refractivity contribution is 0.563. The van der Waals surface area contributed by atoms with Gasteiger partial charge in [-0.1, -0.05) is 12.2 Å². The molecule has 0 bridgehead atoms. The predicted octanol–water partition coefficient (Wildman–Crippen LogP) is 0.239. The fourth-order valence-electron chi connectivity index (χ4n) is 0.174. The molecule has 1 atom stereocenters. The average Bonchev–Trinajstić information content (AvgIpc) is 1.67. The molecule has 0 aromatic heterocycles. The van der Waals surface area contributed by atoms with Crippen molar-refractivity contribution in [3.63, 3.8) is 0 Å². The zero-order chi connectivity index (χ0) is 6.78. The molecule has 0 spiro atoms. The molecule has 0 radical (unpaired) electrons. The third-order valence-electron chi connectivity index (χ3n) is 1.40. The highest BCUT2D eigenvalue weighted by atomic mass is 14.8. The van der Waals surface area contributed by atoms with E-state index in [2.05, 4.69) is 6.58 Å². The summed E-state index contributed by atoms with van der Waals surface area (Å²) in [5, 5.41) is 0. The molecule has 0 rings (SSSR count). The van der Waals surface area contributed by atoms with E-state index in [1.165, 1.54) is 0 Å². The molecule has 0 unspecified atom stereocenters. The Balaban J connectivity index is 3.91. The maximum Gasteiger partial charge on any atom is 0.0459 e. The molecule has 0 aromatic rings. The van der Waals surface area contributed by atoms with Crippen LogP contribution < -0.4 is 11.5 Å². The van der Waals surface area contributed by atoms with Crippen LogP contribution in [0.15, 0.2) is 12.2 Å². The van der Waals surface area contributed by atoms with Crippen LogP contribution in [-0.2, 0) is 0 Å². The summed E-state index contributed by atoms with van der Waals surface area (Å²) in [6.45, 7) is 7.91. The summed E-state index contributed by atoms with van der Waals surface area (Å²) in [5.41, 5.74) is 11.5. The SMILES string of the molecule is C=C(C)[C@@](C)(N)CN. The molecule has 0 aliphatic rings. The molecule has 2 nitrogen and oxygen atoms in total. The van der Waals surface area contributed by atoms with Crippen molar-refractivity contribution in [3.8, 4) is 0 Å². The fraction of sp³-hybridized carbons (Fsp3) is 0.667. The Kier molecular flexibility index (Phi) is 2.19. The van der Waals surface area contributed by atoms with Crippen LogP contribution >= 0.6 is 0 Å². The monoisotopic (exact) mass is 114 g/mol. The van der Waals surface area contributed by atoms with Crippen LogP contribution in [0.3, 0.4) is 0 Å². The lowest BCUT2D eigenvalue weighted by Crippen LogP contribution is -2.44. The molecule has 0 saturated heterocycles. The summed E-state index contributed by atoms with van der Waals surface area (Å²) < 4.78 is 0. The number of nitrogens with two attached hydrogens (primary N) is 2. The molecule has 0 aromatic carbocycles. The van der Waals surface area contributed by atoms with Crippen molar-refractivity contribution in [2.24, 2.45) is 11.5 Å². The van der Waals surface area contributed by atoms with Gasteiger partial charge in [0.15, 0.2) is 0 Å². The van der Waals surface area contributed by atoms with Crippen molar-refractivity contribution >= 4 is 0 Å². The minimum absolute atomic E-state index is 0.375. The van der Waals surface area contributed by atoms with E-state index in [1.807, 2.05) is 13.8 Å². The Bertz CT molecular complexity index is 94.7. The lowest BCUT2D eigenvalue weighted by atomic mass is 9.96. The van der Waals surface area contributed by atoms with Crippen LogP contribution in [0.25, 0.3) is 0 Å². The minimum Gasteiger partial charge on any atom is -0.328 e. The van der Waals surface area contributed by atoms with E-state index in [9.17, 15) is 0 Å². The minimum atomic E-state index is -0.375. The molecule has 0 aliphatic heterocycles. The fourth-order valence-corrected chi connectivity index (χ4v) is 0.174. The Morgan fingerprint density at radius 3 is 2.12 bits per heavy atom. The van der Waals surface area contributed by atoms with Gasteiger partial charge in [-0.2, -0.15) is 0 Å². The highest BCUT2D eigenvalue weighted by molar-refractivity contribution is 5.10. The maximum absolute atomic E-state index is 5.63. The summed E-state index contributed by atoms with van der Waals surface area (Å²) in [6.07, 6.45) is 0. The molecule has 0 saturated carbocycles. The molecule has 0 aliphatic carbocycles. The normalized spacial score (nSPS) is 17.5. The van der Waals surface area contributed by atoms with Crippen LogP contribution in [0.5, 0.6) is 0 Å². The third kappa shape index (κ3) is 1.64. The van der Waals surface area contributed by atoms with Gasteiger partial charge in [-0.3, -0.25) is 0 Å². The zero-order valence-corrected chi connectivity index (χ0v) is 5.57. The van der Waals surface area contributed by atoms with Crippen LogP contribution in [0.4, 0.5) is 0 Å². The van der Waals surface area contributed by atoms with Gasteiger partial charge < -0.3 is 11.5 Å². The number of rotatable bonds is 2. The Morgan fingerprint density at radius 2 is 2.12 bits per heavy atom. The quantitative estimate of drug-likeness (QED) is 0.505. The molecule has 0 fully saturated rings. The molecular weight excluding hydrogens is 100 g/mol. The van der Waals surface area contributed by atoms with Crippen molar-refractivity contribution in [1.82, 2.24) is 0 Å². The second-order valence-electron chi connectivity index (χ2n) is 2.40. The van der Waals surface area contributed by atoms with Crippen molar-refractivity contribution < 1.29 is 0 Å². The second-order valence-corrected chi connectivity index (χ2v) is 2.40. The Labute approximate surface area is 50.6 Å². The highest BCUT2D eigenvalue weighted by Gasteiger charge is 2.15. The molecule has 0 amide bonds. The van der Waals surface area contributed by atoms with Gasteiger partial charge >= 0.3 is 0 Å². The van der Waals surface area contributed by atoms with Crippen molar-refractivity contribution in [2.75, 3.05) is 6.54 Å². The first-order chi connectivity index (χ1) is 3.50. The van der Waals surface area contributed by atoms with Gasteiger partial charge in [-0.15, -0.1) is 0 Å². The van der Waals surface area contributed by atoms with Crippen molar-refractivity contribution in [3.05, 3.63) is 12.2 Å². The standard InChI is InChI=1S/C6H14N2/c1-5(2)6(3,8)4-7/h1,4,7-8H2,2-3H3/t6-/m0/s1. The van der Waals surface area contributed by atoms with Gasteiger partial charge in [0.1, 0.15) is 0 Å².